The number of nitrogens with two attached hydrogens (primary N) is 1. The first-order valence-corrected chi connectivity index (χ1v) is 7.39. The van der Waals surface area contributed by atoms with Gasteiger partial charge in [0.25, 0.3) is 0 Å². The fourth-order valence-corrected chi connectivity index (χ4v) is 2.80. The van der Waals surface area contributed by atoms with Crippen molar-refractivity contribution in [3.63, 3.8) is 0 Å². The van der Waals surface area contributed by atoms with Gasteiger partial charge in [0, 0.05) is 0 Å². The van der Waals surface area contributed by atoms with E-state index >= 15 is 0 Å². The van der Waals surface area contributed by atoms with E-state index in [0.29, 0.717) is 18.4 Å². The van der Waals surface area contributed by atoms with Crippen LogP contribution in [0.25, 0.3) is 5.57 Å². The van der Waals surface area contributed by atoms with Gasteiger partial charge in [0.2, 0.25) is 0 Å². The lowest BCUT2D eigenvalue weighted by molar-refractivity contribution is 0.273. The highest BCUT2D eigenvalue weighted by Crippen LogP contribution is 2.39. The molecule has 2 unspecified atom stereocenters. The van der Waals surface area contributed by atoms with E-state index in [4.69, 9.17) is 10.5 Å². The van der Waals surface area contributed by atoms with Crippen molar-refractivity contribution >= 4 is 5.57 Å². The number of ether oxygens (including phenoxy) is 1. The van der Waals surface area contributed by atoms with E-state index in [1.807, 2.05) is 12.1 Å². The van der Waals surface area contributed by atoms with Gasteiger partial charge in [-0.15, -0.1) is 0 Å². The summed E-state index contributed by atoms with van der Waals surface area (Å²) in [6.45, 7) is 4.84. The third-order valence-electron chi connectivity index (χ3n) is 4.21. The van der Waals surface area contributed by atoms with E-state index in [-0.39, 0.29) is 6.61 Å². The Bertz CT molecular complexity index is 484. The van der Waals surface area contributed by atoms with E-state index in [1.54, 1.807) is 0 Å². The lowest BCUT2D eigenvalue weighted by atomic mass is 9.86. The molecular weight excluding hydrogens is 253 g/mol. The molecule has 110 valence electrons. The normalized spacial score (nSPS) is 21.9. The molecule has 0 bridgehead atoms. The highest BCUT2D eigenvalue weighted by atomic mass is 19.1. The predicted molar refractivity (Wildman–Crippen MR) is 81.8 cm³/mol. The number of fused-ring (bicyclic) bond motifs is 1. The number of alkyl halides is 1. The molecule has 0 fully saturated rings. The third-order valence-corrected chi connectivity index (χ3v) is 4.21. The molecular formula is C17H24FNO. The topological polar surface area (TPSA) is 35.2 Å². The van der Waals surface area contributed by atoms with Crippen molar-refractivity contribution in [1.82, 2.24) is 0 Å². The smallest absolute Gasteiger partial charge is 0.123 e. The minimum atomic E-state index is -0.462. The highest BCUT2D eigenvalue weighted by molar-refractivity contribution is 5.71. The molecule has 0 saturated carbocycles. The van der Waals surface area contributed by atoms with Crippen molar-refractivity contribution in [1.29, 1.82) is 0 Å². The van der Waals surface area contributed by atoms with Gasteiger partial charge in [-0.25, -0.2) is 4.39 Å². The Hall–Kier alpha value is -1.35. The Morgan fingerprint density at radius 2 is 2.15 bits per heavy atom. The molecule has 20 heavy (non-hydrogen) atoms. The average Bonchev–Trinajstić information content (AvgIpc) is 2.58. The first kappa shape index (κ1) is 15.0. The molecule has 0 spiro atoms. The summed E-state index contributed by atoms with van der Waals surface area (Å²) in [6, 6.07) is 6.11. The zero-order valence-corrected chi connectivity index (χ0v) is 12.4. The van der Waals surface area contributed by atoms with Gasteiger partial charge in [-0.1, -0.05) is 26.0 Å². The molecule has 2 N–H and O–H groups in total. The summed E-state index contributed by atoms with van der Waals surface area (Å²) >= 11 is 0. The lowest BCUT2D eigenvalue weighted by Crippen LogP contribution is -2.07. The quantitative estimate of drug-likeness (QED) is 0.885. The first-order chi connectivity index (χ1) is 9.67. The summed E-state index contributed by atoms with van der Waals surface area (Å²) in [5.41, 5.74) is 9.60. The molecule has 0 saturated heterocycles. The standard InChI is InChI=1S/C17H24FNO/c1-12-3-4-14(7-9-19)17-11-15(20-10-8-18)5-6-16(17)13(12)2/h4-6,11-13H,3,7-10,19H2,1-2H3. The van der Waals surface area contributed by atoms with Crippen molar-refractivity contribution in [2.75, 3.05) is 19.8 Å². The molecule has 3 heteroatoms. The molecule has 1 aromatic carbocycles. The number of rotatable bonds is 5. The van der Waals surface area contributed by atoms with Crippen LogP contribution in [0.15, 0.2) is 24.3 Å². The molecule has 0 aliphatic heterocycles. The van der Waals surface area contributed by atoms with E-state index in [9.17, 15) is 4.39 Å². The molecule has 0 heterocycles. The molecule has 1 aliphatic rings. The van der Waals surface area contributed by atoms with Gasteiger partial charge >= 0.3 is 0 Å². The van der Waals surface area contributed by atoms with Crippen molar-refractivity contribution in [2.45, 2.75) is 32.6 Å². The number of halogens is 1. The van der Waals surface area contributed by atoms with E-state index in [0.717, 1.165) is 18.6 Å². The summed E-state index contributed by atoms with van der Waals surface area (Å²) < 4.78 is 17.7. The number of hydrogen-bond acceptors (Lipinski definition) is 2. The second kappa shape index (κ2) is 6.89. The van der Waals surface area contributed by atoms with Crippen molar-refractivity contribution < 1.29 is 9.13 Å². The molecule has 1 aromatic rings. The van der Waals surface area contributed by atoms with Crippen LogP contribution in [0.5, 0.6) is 5.75 Å². The third kappa shape index (κ3) is 3.21. The van der Waals surface area contributed by atoms with Gasteiger partial charge < -0.3 is 10.5 Å². The zero-order valence-electron chi connectivity index (χ0n) is 12.4. The lowest BCUT2D eigenvalue weighted by Gasteiger charge is -2.20. The van der Waals surface area contributed by atoms with Gasteiger partial charge in [-0.05, 0) is 60.1 Å². The van der Waals surface area contributed by atoms with Crippen molar-refractivity contribution in [3.8, 4) is 5.75 Å². The summed E-state index contributed by atoms with van der Waals surface area (Å²) in [7, 11) is 0. The van der Waals surface area contributed by atoms with Crippen LogP contribution in [-0.2, 0) is 0 Å². The van der Waals surface area contributed by atoms with E-state index in [2.05, 4.69) is 26.0 Å². The Morgan fingerprint density at radius 3 is 2.85 bits per heavy atom. The highest BCUT2D eigenvalue weighted by Gasteiger charge is 2.22. The van der Waals surface area contributed by atoms with E-state index < -0.39 is 6.67 Å². The largest absolute Gasteiger partial charge is 0.491 e. The maximum absolute atomic E-state index is 12.2. The molecule has 0 amide bonds. The second-order valence-corrected chi connectivity index (χ2v) is 5.56. The summed E-state index contributed by atoms with van der Waals surface area (Å²) in [5, 5.41) is 0. The molecule has 0 radical (unpaired) electrons. The average molecular weight is 277 g/mol. The van der Waals surface area contributed by atoms with Gasteiger partial charge in [0.15, 0.2) is 0 Å². The second-order valence-electron chi connectivity index (χ2n) is 5.56. The van der Waals surface area contributed by atoms with Crippen LogP contribution in [0.3, 0.4) is 0 Å². The van der Waals surface area contributed by atoms with Crippen molar-refractivity contribution in [3.05, 3.63) is 35.4 Å². The van der Waals surface area contributed by atoms with Crippen LogP contribution in [0.1, 0.15) is 43.7 Å². The fourth-order valence-electron chi connectivity index (χ4n) is 2.80. The minimum Gasteiger partial charge on any atom is -0.491 e. The minimum absolute atomic E-state index is 0.112. The van der Waals surface area contributed by atoms with Gasteiger partial charge in [-0.2, -0.15) is 0 Å². The molecule has 1 aliphatic carbocycles. The molecule has 2 atom stereocenters. The Balaban J connectivity index is 2.39. The molecule has 2 rings (SSSR count). The maximum Gasteiger partial charge on any atom is 0.123 e. The van der Waals surface area contributed by atoms with Crippen LogP contribution < -0.4 is 10.5 Å². The zero-order chi connectivity index (χ0) is 14.5. The Labute approximate surface area is 120 Å². The monoisotopic (exact) mass is 277 g/mol. The van der Waals surface area contributed by atoms with Crippen LogP contribution >= 0.6 is 0 Å². The fraction of sp³-hybridized carbons (Fsp3) is 0.529. The predicted octanol–water partition coefficient (Wildman–Crippen LogP) is 3.91. The van der Waals surface area contributed by atoms with Crippen molar-refractivity contribution in [2.24, 2.45) is 11.7 Å². The van der Waals surface area contributed by atoms with Crippen LogP contribution in [0.2, 0.25) is 0 Å². The SMILES string of the molecule is CC1CC=C(CCN)c2cc(OCCF)ccc2C1C. The summed E-state index contributed by atoms with van der Waals surface area (Å²) in [4.78, 5) is 0. The molecule has 2 nitrogen and oxygen atoms in total. The first-order valence-electron chi connectivity index (χ1n) is 7.39. The Morgan fingerprint density at radius 1 is 1.35 bits per heavy atom. The van der Waals surface area contributed by atoms with Gasteiger partial charge in [0.1, 0.15) is 19.0 Å². The van der Waals surface area contributed by atoms with Crippen LogP contribution in [0, 0.1) is 5.92 Å². The van der Waals surface area contributed by atoms with Gasteiger partial charge in [-0.3, -0.25) is 0 Å². The Kier molecular flexibility index (Phi) is 5.18. The number of benzene rings is 1. The van der Waals surface area contributed by atoms with Crippen LogP contribution in [-0.4, -0.2) is 19.8 Å². The van der Waals surface area contributed by atoms with Gasteiger partial charge in [0.05, 0.1) is 0 Å². The summed E-state index contributed by atoms with van der Waals surface area (Å²) in [6.07, 6.45) is 4.25. The maximum atomic E-state index is 12.2. The van der Waals surface area contributed by atoms with Crippen LogP contribution in [0.4, 0.5) is 4.39 Å². The number of allylic oxidation sites excluding steroid dienone is 1. The van der Waals surface area contributed by atoms with E-state index in [1.165, 1.54) is 16.7 Å². The summed E-state index contributed by atoms with van der Waals surface area (Å²) in [5.74, 6) is 1.86. The number of hydrogen-bond donors (Lipinski definition) is 1. The molecule has 0 aromatic heterocycles.